The molecule has 0 radical (unpaired) electrons. The summed E-state index contributed by atoms with van der Waals surface area (Å²) in [5.74, 6) is 0.747. The Bertz CT molecular complexity index is 3800. The Kier molecular flexibility index (Phi) is 7.23. The Morgan fingerprint density at radius 2 is 1.18 bits per heavy atom. The summed E-state index contributed by atoms with van der Waals surface area (Å²) in [6.07, 6.45) is 0. The Morgan fingerprint density at radius 3 is 2.08 bits per heavy atom. The number of fused-ring (bicyclic) bond motifs is 12. The first-order valence-electron chi connectivity index (χ1n) is 21.0. The third-order valence-corrected chi connectivity index (χ3v) is 14.3. The van der Waals surface area contributed by atoms with Gasteiger partial charge in [0.05, 0.1) is 22.2 Å². The van der Waals surface area contributed by atoms with Gasteiger partial charge in [-0.15, -0.1) is 11.3 Å². The van der Waals surface area contributed by atoms with E-state index in [0.29, 0.717) is 0 Å². The summed E-state index contributed by atoms with van der Waals surface area (Å²) in [5, 5.41) is 8.53. The molecule has 0 N–H and O–H groups in total. The van der Waals surface area contributed by atoms with E-state index in [4.69, 9.17) is 9.97 Å². The highest BCUT2D eigenvalue weighted by molar-refractivity contribution is 7.26. The Balaban J connectivity index is 0.992. The van der Waals surface area contributed by atoms with E-state index in [-0.39, 0.29) is 5.41 Å². The SMILES string of the molecule is CC1(C)c2ccccc2-c2ccc(-c3nc(-c4cccc5sc6ccc(-c7ccc8c(c7)c7ccc9ccccc9c7n8-c7ccccc7)cc6c45)c4ccccc4n3)cc21. The molecule has 0 saturated carbocycles. The van der Waals surface area contributed by atoms with Crippen LogP contribution >= 0.6 is 11.3 Å². The quantitative estimate of drug-likeness (QED) is 0.178. The standard InChI is InChI=1S/C57H37N3S/c1-57(2)47-20-10-8-17-40(47)41-27-24-37(33-48(41)57)56-58-49-21-11-9-18-43(49)54(59-56)44-19-12-22-52-53(44)46-32-36(26-30-51(46)61-52)35-25-29-50-45(31-35)42-28-23-34-13-6-7-16-39(34)55(42)60(50)38-14-4-3-5-15-38/h3-33H,1-2H3. The second-order valence-corrected chi connectivity index (χ2v) is 18.0. The minimum Gasteiger partial charge on any atom is -0.309 e. The number of benzene rings is 9. The molecule has 0 aliphatic heterocycles. The molecule has 9 aromatic carbocycles. The van der Waals surface area contributed by atoms with Crippen molar-refractivity contribution >= 4 is 75.0 Å². The smallest absolute Gasteiger partial charge is 0.160 e. The monoisotopic (exact) mass is 795 g/mol. The maximum atomic E-state index is 5.48. The van der Waals surface area contributed by atoms with Crippen LogP contribution in [0.5, 0.6) is 0 Å². The normalized spacial score (nSPS) is 13.2. The highest BCUT2D eigenvalue weighted by Gasteiger charge is 2.35. The molecule has 0 saturated heterocycles. The van der Waals surface area contributed by atoms with Crippen molar-refractivity contribution in [2.45, 2.75) is 19.3 Å². The van der Waals surface area contributed by atoms with Crippen LogP contribution < -0.4 is 0 Å². The van der Waals surface area contributed by atoms with Crippen molar-refractivity contribution in [3.05, 3.63) is 199 Å². The molecule has 0 fully saturated rings. The second kappa shape index (κ2) is 12.8. The highest BCUT2D eigenvalue weighted by Crippen LogP contribution is 2.50. The van der Waals surface area contributed by atoms with Crippen LogP contribution in [0.2, 0.25) is 0 Å². The van der Waals surface area contributed by atoms with Crippen molar-refractivity contribution < 1.29 is 0 Å². The van der Waals surface area contributed by atoms with Crippen LogP contribution in [0.4, 0.5) is 0 Å². The van der Waals surface area contributed by atoms with Crippen LogP contribution in [0.1, 0.15) is 25.0 Å². The lowest BCUT2D eigenvalue weighted by atomic mass is 9.82. The van der Waals surface area contributed by atoms with Gasteiger partial charge in [0.15, 0.2) is 5.82 Å². The van der Waals surface area contributed by atoms with Crippen LogP contribution in [0.15, 0.2) is 188 Å². The molecule has 4 heteroatoms. The molecule has 1 aliphatic carbocycles. The van der Waals surface area contributed by atoms with E-state index in [1.807, 2.05) is 11.3 Å². The predicted octanol–water partition coefficient (Wildman–Crippen LogP) is 15.6. The minimum absolute atomic E-state index is 0.113. The molecular weight excluding hydrogens is 759 g/mol. The van der Waals surface area contributed by atoms with Crippen LogP contribution in [0.25, 0.3) is 114 Å². The van der Waals surface area contributed by atoms with Crippen LogP contribution in [-0.4, -0.2) is 14.5 Å². The number of thiophene rings is 1. The van der Waals surface area contributed by atoms with Gasteiger partial charge in [-0.25, -0.2) is 9.97 Å². The Labute approximate surface area is 356 Å². The van der Waals surface area contributed by atoms with Crippen LogP contribution in [0, 0.1) is 0 Å². The Hall–Kier alpha value is -7.40. The molecule has 3 nitrogen and oxygen atoms in total. The third-order valence-electron chi connectivity index (χ3n) is 13.2. The second-order valence-electron chi connectivity index (χ2n) is 16.9. The summed E-state index contributed by atoms with van der Waals surface area (Å²) in [4.78, 5) is 10.7. The van der Waals surface area contributed by atoms with Gasteiger partial charge in [-0.3, -0.25) is 0 Å². The highest BCUT2D eigenvalue weighted by atomic mass is 32.1. The lowest BCUT2D eigenvalue weighted by Crippen LogP contribution is -2.15. The topological polar surface area (TPSA) is 30.7 Å². The van der Waals surface area contributed by atoms with Crippen molar-refractivity contribution in [2.24, 2.45) is 0 Å². The van der Waals surface area contributed by atoms with Gasteiger partial charge in [-0.05, 0) is 93.4 Å². The van der Waals surface area contributed by atoms with Crippen LogP contribution in [0.3, 0.4) is 0 Å². The van der Waals surface area contributed by atoms with Crippen molar-refractivity contribution in [1.82, 2.24) is 14.5 Å². The average molecular weight is 796 g/mol. The molecule has 3 heterocycles. The molecule has 286 valence electrons. The molecule has 0 amide bonds. The van der Waals surface area contributed by atoms with Gasteiger partial charge < -0.3 is 4.57 Å². The zero-order valence-electron chi connectivity index (χ0n) is 33.6. The van der Waals surface area contributed by atoms with E-state index >= 15 is 0 Å². The summed E-state index contributed by atoms with van der Waals surface area (Å²) in [6.45, 7) is 4.65. The number of rotatable bonds is 4. The predicted molar refractivity (Wildman–Crippen MR) is 258 cm³/mol. The van der Waals surface area contributed by atoms with Crippen molar-refractivity contribution in [3.8, 4) is 50.6 Å². The minimum atomic E-state index is -0.113. The number of para-hydroxylation sites is 2. The molecule has 0 atom stereocenters. The first-order chi connectivity index (χ1) is 30.0. The number of hydrogen-bond donors (Lipinski definition) is 0. The summed E-state index contributed by atoms with van der Waals surface area (Å²) < 4.78 is 4.94. The molecule has 0 spiro atoms. The zero-order chi connectivity index (χ0) is 40.4. The van der Waals surface area contributed by atoms with Gasteiger partial charge in [0.2, 0.25) is 0 Å². The van der Waals surface area contributed by atoms with Gasteiger partial charge in [-0.1, -0.05) is 147 Å². The fourth-order valence-corrected chi connectivity index (χ4v) is 11.4. The van der Waals surface area contributed by atoms with Crippen molar-refractivity contribution in [2.75, 3.05) is 0 Å². The lowest BCUT2D eigenvalue weighted by molar-refractivity contribution is 0.660. The van der Waals surface area contributed by atoms with Gasteiger partial charge in [0, 0.05) is 63.9 Å². The van der Waals surface area contributed by atoms with Gasteiger partial charge in [-0.2, -0.15) is 0 Å². The van der Waals surface area contributed by atoms with E-state index in [1.165, 1.54) is 86.1 Å². The average Bonchev–Trinajstić information content (AvgIpc) is 3.94. The lowest BCUT2D eigenvalue weighted by Gasteiger charge is -2.21. The zero-order valence-corrected chi connectivity index (χ0v) is 34.5. The number of nitrogens with zero attached hydrogens (tertiary/aromatic N) is 3. The van der Waals surface area contributed by atoms with E-state index in [1.54, 1.807) is 0 Å². The molecule has 13 rings (SSSR count). The fourth-order valence-electron chi connectivity index (χ4n) is 10.3. The largest absolute Gasteiger partial charge is 0.309 e. The van der Waals surface area contributed by atoms with Crippen molar-refractivity contribution in [1.29, 1.82) is 0 Å². The van der Waals surface area contributed by atoms with Gasteiger partial charge in [0.25, 0.3) is 0 Å². The van der Waals surface area contributed by atoms with Gasteiger partial charge in [0.1, 0.15) is 0 Å². The van der Waals surface area contributed by atoms with E-state index < -0.39 is 0 Å². The number of aromatic nitrogens is 3. The van der Waals surface area contributed by atoms with Gasteiger partial charge >= 0.3 is 0 Å². The first kappa shape index (κ1) is 34.5. The maximum absolute atomic E-state index is 5.48. The summed E-state index contributed by atoms with van der Waals surface area (Å²) in [7, 11) is 0. The maximum Gasteiger partial charge on any atom is 0.160 e. The fraction of sp³-hybridized carbons (Fsp3) is 0.0526. The Morgan fingerprint density at radius 1 is 0.459 bits per heavy atom. The molecule has 0 unspecified atom stereocenters. The number of hydrogen-bond acceptors (Lipinski definition) is 3. The van der Waals surface area contributed by atoms with E-state index in [9.17, 15) is 0 Å². The van der Waals surface area contributed by atoms with Crippen molar-refractivity contribution in [3.63, 3.8) is 0 Å². The molecule has 0 bridgehead atoms. The van der Waals surface area contributed by atoms with E-state index in [2.05, 4.69) is 206 Å². The molecule has 3 aromatic heterocycles. The molecule has 1 aliphatic rings. The third kappa shape index (κ3) is 5.03. The summed E-state index contributed by atoms with van der Waals surface area (Å²) in [6, 6.07) is 68.7. The molecule has 12 aromatic rings. The van der Waals surface area contributed by atoms with Crippen LogP contribution in [-0.2, 0) is 5.41 Å². The summed E-state index contributed by atoms with van der Waals surface area (Å²) in [5.41, 5.74) is 15.2. The van der Waals surface area contributed by atoms with E-state index in [0.717, 1.165) is 39.2 Å². The molecule has 61 heavy (non-hydrogen) atoms. The summed E-state index contributed by atoms with van der Waals surface area (Å²) >= 11 is 1.85. The first-order valence-corrected chi connectivity index (χ1v) is 21.8. The molecular formula is C57H37N3S.